The Kier molecular flexibility index (Phi) is 4.45. The molecule has 1 aromatic carbocycles. The van der Waals surface area contributed by atoms with Crippen molar-refractivity contribution in [3.8, 4) is 0 Å². The van der Waals surface area contributed by atoms with Gasteiger partial charge in [-0.1, -0.05) is 32.0 Å². The fourth-order valence-corrected chi connectivity index (χ4v) is 3.78. The fourth-order valence-electron chi connectivity index (χ4n) is 2.55. The molecule has 0 aliphatic heterocycles. The van der Waals surface area contributed by atoms with Crippen LogP contribution in [0.1, 0.15) is 37.3 Å². The fraction of sp³-hybridized carbons (Fsp3) is 0.438. The van der Waals surface area contributed by atoms with Crippen LogP contribution in [0.15, 0.2) is 24.3 Å². The molecule has 0 saturated heterocycles. The minimum Gasteiger partial charge on any atom is -0.368 e. The molecule has 2 atom stereocenters. The number of carbonyl (C=O) groups excluding carboxylic acids is 1. The second kappa shape index (κ2) is 5.94. The summed E-state index contributed by atoms with van der Waals surface area (Å²) in [6, 6.07) is 8.22. The topological polar surface area (TPSA) is 55.1 Å². The summed E-state index contributed by atoms with van der Waals surface area (Å²) >= 11 is 1.78. The van der Waals surface area contributed by atoms with Crippen LogP contribution in [-0.2, 0) is 4.79 Å². The van der Waals surface area contributed by atoms with E-state index in [0.29, 0.717) is 0 Å². The molecule has 20 heavy (non-hydrogen) atoms. The van der Waals surface area contributed by atoms with Crippen LogP contribution in [0.4, 0.5) is 0 Å². The van der Waals surface area contributed by atoms with Crippen molar-refractivity contribution in [3.05, 3.63) is 34.7 Å². The van der Waals surface area contributed by atoms with Crippen molar-refractivity contribution in [2.75, 3.05) is 0 Å². The highest BCUT2D eigenvalue weighted by Gasteiger charge is 2.23. The summed E-state index contributed by atoms with van der Waals surface area (Å²) < 4.78 is 1.29. The van der Waals surface area contributed by atoms with E-state index in [1.165, 1.54) is 20.5 Å². The number of primary amides is 1. The van der Waals surface area contributed by atoms with Gasteiger partial charge in [0.25, 0.3) is 0 Å². The number of hydrogen-bond acceptors (Lipinski definition) is 3. The first-order valence-corrected chi connectivity index (χ1v) is 7.76. The summed E-state index contributed by atoms with van der Waals surface area (Å²) in [5.41, 5.74) is 6.77. The summed E-state index contributed by atoms with van der Waals surface area (Å²) in [5.74, 6) is -0.102. The number of hydrogen-bond donors (Lipinski definition) is 2. The van der Waals surface area contributed by atoms with Crippen LogP contribution in [0.25, 0.3) is 10.1 Å². The number of rotatable bonds is 5. The zero-order valence-electron chi connectivity index (χ0n) is 12.4. The van der Waals surface area contributed by atoms with Crippen molar-refractivity contribution in [2.45, 2.75) is 39.8 Å². The van der Waals surface area contributed by atoms with Crippen molar-refractivity contribution in [1.29, 1.82) is 0 Å². The number of aryl methyl sites for hydroxylation is 1. The number of carbonyl (C=O) groups is 1. The van der Waals surface area contributed by atoms with Gasteiger partial charge in [-0.3, -0.25) is 10.1 Å². The largest absolute Gasteiger partial charge is 0.368 e. The van der Waals surface area contributed by atoms with Crippen molar-refractivity contribution in [1.82, 2.24) is 5.32 Å². The Labute approximate surface area is 124 Å². The molecule has 0 bridgehead atoms. The third-order valence-corrected chi connectivity index (χ3v) is 5.13. The quantitative estimate of drug-likeness (QED) is 0.887. The van der Waals surface area contributed by atoms with E-state index in [-0.39, 0.29) is 23.9 Å². The van der Waals surface area contributed by atoms with Gasteiger partial charge in [-0.15, -0.1) is 11.3 Å². The molecule has 1 heterocycles. The van der Waals surface area contributed by atoms with Gasteiger partial charge in [0.05, 0.1) is 6.04 Å². The van der Waals surface area contributed by atoms with Crippen LogP contribution in [-0.4, -0.2) is 11.9 Å². The number of fused-ring (bicyclic) bond motifs is 1. The van der Waals surface area contributed by atoms with Crippen molar-refractivity contribution < 1.29 is 4.79 Å². The lowest BCUT2D eigenvalue weighted by molar-refractivity contribution is -0.121. The van der Waals surface area contributed by atoms with Crippen molar-refractivity contribution in [2.24, 2.45) is 11.7 Å². The van der Waals surface area contributed by atoms with Crippen LogP contribution >= 0.6 is 11.3 Å². The van der Waals surface area contributed by atoms with Gasteiger partial charge in [-0.2, -0.15) is 0 Å². The summed E-state index contributed by atoms with van der Waals surface area (Å²) in [6.07, 6.45) is 0. The molecule has 2 rings (SSSR count). The second-order valence-corrected chi connectivity index (χ2v) is 6.68. The Balaban J connectivity index is 2.29. The van der Waals surface area contributed by atoms with E-state index in [0.717, 1.165) is 0 Å². The van der Waals surface area contributed by atoms with E-state index in [9.17, 15) is 4.79 Å². The summed E-state index contributed by atoms with van der Waals surface area (Å²) in [7, 11) is 0. The Bertz CT molecular complexity index is 618. The standard InChI is InChI=1S/C16H22N2OS/c1-9(2)14(16(17)19)18-11(4)15-10(3)12-7-5-6-8-13(12)20-15/h5-9,11,14,18H,1-4H3,(H2,17,19)/t11?,14-/m0/s1. The number of benzene rings is 1. The van der Waals surface area contributed by atoms with Crippen LogP contribution in [0, 0.1) is 12.8 Å². The zero-order valence-corrected chi connectivity index (χ0v) is 13.3. The lowest BCUT2D eigenvalue weighted by Gasteiger charge is -2.23. The number of nitrogens with one attached hydrogen (secondary N) is 1. The Hall–Kier alpha value is -1.39. The van der Waals surface area contributed by atoms with Crippen molar-refractivity contribution in [3.63, 3.8) is 0 Å². The normalized spacial score (nSPS) is 14.7. The SMILES string of the molecule is Cc1c(C(C)N[C@H](C(N)=O)C(C)C)sc2ccccc12. The van der Waals surface area contributed by atoms with Crippen LogP contribution < -0.4 is 11.1 Å². The molecule has 0 aliphatic carbocycles. The molecule has 0 fully saturated rings. The van der Waals surface area contributed by atoms with Crippen molar-refractivity contribution >= 4 is 27.3 Å². The molecule has 0 spiro atoms. The molecule has 0 saturated carbocycles. The predicted molar refractivity (Wildman–Crippen MR) is 85.9 cm³/mol. The smallest absolute Gasteiger partial charge is 0.234 e. The summed E-state index contributed by atoms with van der Waals surface area (Å²) in [6.45, 7) is 8.25. The molecular weight excluding hydrogens is 268 g/mol. The average Bonchev–Trinajstić information content (AvgIpc) is 2.73. The van der Waals surface area contributed by atoms with Gasteiger partial charge in [0.1, 0.15) is 0 Å². The number of amides is 1. The molecule has 1 unspecified atom stereocenters. The van der Waals surface area contributed by atoms with E-state index in [2.05, 4.69) is 43.4 Å². The van der Waals surface area contributed by atoms with Crippen LogP contribution in [0.2, 0.25) is 0 Å². The molecule has 1 amide bonds. The van der Waals surface area contributed by atoms with E-state index in [1.54, 1.807) is 11.3 Å². The lowest BCUT2D eigenvalue weighted by atomic mass is 10.0. The highest BCUT2D eigenvalue weighted by atomic mass is 32.1. The van der Waals surface area contributed by atoms with Gasteiger partial charge in [-0.25, -0.2) is 0 Å². The molecule has 3 nitrogen and oxygen atoms in total. The molecule has 1 aromatic heterocycles. The van der Waals surface area contributed by atoms with Gasteiger partial charge in [0.2, 0.25) is 5.91 Å². The lowest BCUT2D eigenvalue weighted by Crippen LogP contribution is -2.45. The van der Waals surface area contributed by atoms with Crippen LogP contribution in [0.5, 0.6) is 0 Å². The monoisotopic (exact) mass is 290 g/mol. The van der Waals surface area contributed by atoms with Crippen LogP contribution in [0.3, 0.4) is 0 Å². The molecule has 0 radical (unpaired) electrons. The average molecular weight is 290 g/mol. The van der Waals surface area contributed by atoms with Gasteiger partial charge in [-0.05, 0) is 36.8 Å². The van der Waals surface area contributed by atoms with E-state index < -0.39 is 0 Å². The number of thiophene rings is 1. The molecular formula is C16H22N2OS. The third kappa shape index (κ3) is 2.86. The van der Waals surface area contributed by atoms with E-state index in [4.69, 9.17) is 5.73 Å². The van der Waals surface area contributed by atoms with Gasteiger partial charge < -0.3 is 5.73 Å². The maximum Gasteiger partial charge on any atom is 0.234 e. The van der Waals surface area contributed by atoms with E-state index in [1.807, 2.05) is 13.8 Å². The zero-order chi connectivity index (χ0) is 14.9. The molecule has 3 N–H and O–H groups in total. The molecule has 108 valence electrons. The van der Waals surface area contributed by atoms with Gasteiger partial charge in [0, 0.05) is 15.6 Å². The number of nitrogens with two attached hydrogens (primary N) is 1. The first-order chi connectivity index (χ1) is 9.41. The second-order valence-electron chi connectivity index (χ2n) is 5.60. The first kappa shape index (κ1) is 15.0. The molecule has 0 aliphatic rings. The summed E-state index contributed by atoms with van der Waals surface area (Å²) in [5, 5.41) is 4.66. The Morgan fingerprint density at radius 2 is 1.90 bits per heavy atom. The molecule has 4 heteroatoms. The van der Waals surface area contributed by atoms with Gasteiger partial charge in [0.15, 0.2) is 0 Å². The predicted octanol–water partition coefficient (Wildman–Crippen LogP) is 3.37. The third-order valence-electron chi connectivity index (χ3n) is 3.68. The Morgan fingerprint density at radius 1 is 1.25 bits per heavy atom. The minimum absolute atomic E-state index is 0.118. The van der Waals surface area contributed by atoms with E-state index >= 15 is 0 Å². The first-order valence-electron chi connectivity index (χ1n) is 6.95. The molecule has 2 aromatic rings. The maximum absolute atomic E-state index is 11.5. The van der Waals surface area contributed by atoms with Gasteiger partial charge >= 0.3 is 0 Å². The highest BCUT2D eigenvalue weighted by Crippen LogP contribution is 2.34. The minimum atomic E-state index is -0.297. The maximum atomic E-state index is 11.5. The Morgan fingerprint density at radius 3 is 2.45 bits per heavy atom. The highest BCUT2D eigenvalue weighted by molar-refractivity contribution is 7.19. The summed E-state index contributed by atoms with van der Waals surface area (Å²) in [4.78, 5) is 12.8.